The van der Waals surface area contributed by atoms with E-state index >= 15 is 0 Å². The molecule has 0 aromatic rings. The summed E-state index contributed by atoms with van der Waals surface area (Å²) >= 11 is 0. The van der Waals surface area contributed by atoms with Gasteiger partial charge in [0.15, 0.2) is 0 Å². The van der Waals surface area contributed by atoms with Crippen LogP contribution < -0.4 is 0 Å². The molecule has 0 aliphatic heterocycles. The first-order valence-corrected chi connectivity index (χ1v) is 12.6. The van der Waals surface area contributed by atoms with Crippen molar-refractivity contribution in [1.82, 2.24) is 0 Å². The van der Waals surface area contributed by atoms with E-state index in [9.17, 15) is 9.13 Å². The minimum atomic E-state index is -2.42. The van der Waals surface area contributed by atoms with Crippen LogP contribution in [0.15, 0.2) is 12.7 Å². The Kier molecular flexibility index (Phi) is 15.3. The Morgan fingerprint density at radius 2 is 1.15 bits per heavy atom. The molecule has 0 aliphatic carbocycles. The Hall–Kier alpha value is -0.400. The molecule has 0 aromatic carbocycles. The van der Waals surface area contributed by atoms with Gasteiger partial charge in [-0.3, -0.25) is 0 Å². The zero-order valence-corrected chi connectivity index (χ0v) is 19.7. The molecule has 0 aliphatic rings. The number of nitrogens with zero attached hydrogens (tertiary/aromatic N) is 1. The first-order valence-electron chi connectivity index (χ1n) is 11.4. The molecule has 0 heterocycles. The molecule has 27 heavy (non-hydrogen) atoms. The van der Waals surface area contributed by atoms with Crippen molar-refractivity contribution >= 4 is 7.68 Å². The molecule has 0 saturated carbocycles. The highest BCUT2D eigenvalue weighted by atomic mass is 31.1. The third kappa shape index (κ3) is 11.3. The molecule has 1 unspecified atom stereocenters. The zero-order valence-electron chi connectivity index (χ0n) is 18.8. The monoisotopic (exact) mass is 400 g/mol. The van der Waals surface area contributed by atoms with Gasteiger partial charge in [0.05, 0.1) is 21.1 Å². The van der Waals surface area contributed by atoms with Crippen LogP contribution in [0.2, 0.25) is 0 Å². The topological polar surface area (TPSA) is 34.1 Å². The Bertz CT molecular complexity index is 432. The molecule has 0 spiro atoms. The summed E-state index contributed by atoms with van der Waals surface area (Å²) in [4.78, 5) is 0. The van der Waals surface area contributed by atoms with Crippen LogP contribution in [0.3, 0.4) is 0 Å². The fourth-order valence-corrected chi connectivity index (χ4v) is 5.33. The lowest BCUT2D eigenvalue weighted by Gasteiger charge is -2.41. The lowest BCUT2D eigenvalue weighted by Crippen LogP contribution is -2.53. The van der Waals surface area contributed by atoms with E-state index in [4.69, 9.17) is 0 Å². The summed E-state index contributed by atoms with van der Waals surface area (Å²) in [6.07, 6.45) is 21.3. The quantitative estimate of drug-likeness (QED) is 0.0952. The molecular formula is C23H47NO2P+. The average molecular weight is 401 g/mol. The van der Waals surface area contributed by atoms with Gasteiger partial charge in [0.25, 0.3) is 0 Å². The number of allylic oxidation sites excluding steroid dienone is 1. The predicted octanol–water partition coefficient (Wildman–Crippen LogP) is 8.01. The van der Waals surface area contributed by atoms with E-state index in [1.807, 2.05) is 27.2 Å². The van der Waals surface area contributed by atoms with Crippen LogP contribution in [0.4, 0.5) is 0 Å². The van der Waals surface area contributed by atoms with Gasteiger partial charge in [0, 0.05) is 12.8 Å². The molecule has 4 heteroatoms. The minimum Gasteiger partial charge on any atom is -0.314 e. The Labute approximate surface area is 170 Å². The van der Waals surface area contributed by atoms with Gasteiger partial charge < -0.3 is 4.48 Å². The third-order valence-electron chi connectivity index (χ3n) is 5.97. The van der Waals surface area contributed by atoms with Crippen molar-refractivity contribution in [2.45, 2.75) is 115 Å². The number of hydrogen-bond acceptors (Lipinski definition) is 2. The highest BCUT2D eigenvalue weighted by molar-refractivity contribution is 7.32. The van der Waals surface area contributed by atoms with E-state index in [-0.39, 0.29) is 0 Å². The normalized spacial score (nSPS) is 14.1. The van der Waals surface area contributed by atoms with Gasteiger partial charge in [-0.25, -0.2) is 9.13 Å². The summed E-state index contributed by atoms with van der Waals surface area (Å²) < 4.78 is 24.6. The fourth-order valence-electron chi connectivity index (χ4n) is 4.09. The average Bonchev–Trinajstić information content (AvgIpc) is 2.59. The van der Waals surface area contributed by atoms with E-state index in [0.717, 1.165) is 32.1 Å². The van der Waals surface area contributed by atoms with Crippen molar-refractivity contribution in [2.75, 3.05) is 21.1 Å². The van der Waals surface area contributed by atoms with Crippen LogP contribution in [0, 0.1) is 0 Å². The summed E-state index contributed by atoms with van der Waals surface area (Å²) in [5, 5.41) is -0.588. The van der Waals surface area contributed by atoms with Gasteiger partial charge in [-0.1, -0.05) is 77.2 Å². The van der Waals surface area contributed by atoms with Crippen LogP contribution >= 0.6 is 7.68 Å². The van der Waals surface area contributed by atoms with Crippen LogP contribution in [0.1, 0.15) is 110 Å². The Morgan fingerprint density at radius 1 is 0.741 bits per heavy atom. The number of quaternary nitrogens is 1. The van der Waals surface area contributed by atoms with Gasteiger partial charge >= 0.3 is 7.68 Å². The second-order valence-electron chi connectivity index (χ2n) is 9.07. The highest BCUT2D eigenvalue weighted by Gasteiger charge is 2.47. The van der Waals surface area contributed by atoms with Gasteiger partial charge in [-0.15, -0.1) is 6.58 Å². The van der Waals surface area contributed by atoms with Crippen molar-refractivity contribution < 1.29 is 13.6 Å². The smallest absolute Gasteiger partial charge is 0.314 e. The molecule has 0 radical (unpaired) electrons. The molecule has 0 fully saturated rings. The Morgan fingerprint density at radius 3 is 1.48 bits per heavy atom. The molecule has 0 N–H and O–H groups in total. The maximum Gasteiger partial charge on any atom is 0.378 e. The van der Waals surface area contributed by atoms with Gasteiger partial charge in [0.1, 0.15) is 0 Å². The standard InChI is InChI=1S/C23H47NO2P/c1-6-8-9-10-11-12-13-14-15-16-17-18-19-20-22-23(21-7-2,27(25)26)24(3,4)5/h6H,1,7-22H2,2-5H3/q+1. The molecule has 0 aromatic heterocycles. The summed E-state index contributed by atoms with van der Waals surface area (Å²) in [6.45, 7) is 5.85. The summed E-state index contributed by atoms with van der Waals surface area (Å²) in [6, 6.07) is 0. The van der Waals surface area contributed by atoms with Crippen LogP contribution in [-0.4, -0.2) is 30.9 Å². The molecule has 0 amide bonds. The second-order valence-corrected chi connectivity index (χ2v) is 10.4. The lowest BCUT2D eigenvalue weighted by atomic mass is 9.99. The van der Waals surface area contributed by atoms with Crippen molar-refractivity contribution in [3.8, 4) is 0 Å². The number of rotatable bonds is 19. The molecule has 0 saturated heterocycles. The molecule has 160 valence electrons. The van der Waals surface area contributed by atoms with Crippen LogP contribution in [0.5, 0.6) is 0 Å². The van der Waals surface area contributed by atoms with E-state index in [1.165, 1.54) is 70.6 Å². The lowest BCUT2D eigenvalue weighted by molar-refractivity contribution is -0.908. The number of unbranched alkanes of at least 4 members (excludes halogenated alkanes) is 12. The van der Waals surface area contributed by atoms with Crippen molar-refractivity contribution in [1.29, 1.82) is 0 Å². The fraction of sp³-hybridized carbons (Fsp3) is 0.913. The molecule has 0 bridgehead atoms. The van der Waals surface area contributed by atoms with E-state index in [2.05, 4.69) is 13.5 Å². The molecule has 0 rings (SSSR count). The SMILES string of the molecule is C=CCCCCCCCCCCCCCCC(CCC)(P(=O)=O)[N+](C)(C)C. The summed E-state index contributed by atoms with van der Waals surface area (Å²) in [5.41, 5.74) is 0. The maximum atomic E-state index is 12.0. The molecule has 1 atom stereocenters. The summed E-state index contributed by atoms with van der Waals surface area (Å²) in [5.74, 6) is 0. The molecular weight excluding hydrogens is 353 g/mol. The third-order valence-corrected chi connectivity index (χ3v) is 7.70. The van der Waals surface area contributed by atoms with E-state index in [1.54, 1.807) is 0 Å². The van der Waals surface area contributed by atoms with Gasteiger partial charge in [0.2, 0.25) is 5.28 Å². The van der Waals surface area contributed by atoms with Crippen LogP contribution in [0.25, 0.3) is 0 Å². The largest absolute Gasteiger partial charge is 0.378 e. The van der Waals surface area contributed by atoms with Gasteiger partial charge in [-0.05, 0) is 25.7 Å². The number of hydrogen-bond donors (Lipinski definition) is 0. The molecule has 3 nitrogen and oxygen atoms in total. The minimum absolute atomic E-state index is 0.521. The van der Waals surface area contributed by atoms with E-state index in [0.29, 0.717) is 4.48 Å². The predicted molar refractivity (Wildman–Crippen MR) is 119 cm³/mol. The zero-order chi connectivity index (χ0) is 20.6. The van der Waals surface area contributed by atoms with Gasteiger partial charge in [-0.2, -0.15) is 0 Å². The van der Waals surface area contributed by atoms with Crippen molar-refractivity contribution in [2.24, 2.45) is 0 Å². The van der Waals surface area contributed by atoms with Crippen molar-refractivity contribution in [3.05, 3.63) is 12.7 Å². The Balaban J connectivity index is 3.79. The summed E-state index contributed by atoms with van der Waals surface area (Å²) in [7, 11) is 3.67. The maximum absolute atomic E-state index is 12.0. The van der Waals surface area contributed by atoms with E-state index < -0.39 is 13.0 Å². The van der Waals surface area contributed by atoms with Crippen LogP contribution in [-0.2, 0) is 9.13 Å². The first-order chi connectivity index (χ1) is 12.8. The van der Waals surface area contributed by atoms with Crippen molar-refractivity contribution in [3.63, 3.8) is 0 Å². The highest BCUT2D eigenvalue weighted by Crippen LogP contribution is 2.44. The first kappa shape index (κ1) is 26.6. The second kappa shape index (κ2) is 15.5.